The van der Waals surface area contributed by atoms with Crippen molar-refractivity contribution in [3.63, 3.8) is 0 Å². The monoisotopic (exact) mass is 227 g/mol. The first-order valence-corrected chi connectivity index (χ1v) is 5.98. The number of rotatable bonds is 4. The van der Waals surface area contributed by atoms with Crippen LogP contribution in [-0.4, -0.2) is 65.2 Å². The summed E-state index contributed by atoms with van der Waals surface area (Å²) >= 11 is 0. The van der Waals surface area contributed by atoms with Gasteiger partial charge in [0, 0.05) is 38.8 Å². The van der Waals surface area contributed by atoms with Crippen molar-refractivity contribution in [1.82, 2.24) is 9.80 Å². The maximum absolute atomic E-state index is 10.9. The van der Waals surface area contributed by atoms with E-state index in [1.54, 1.807) is 6.92 Å². The van der Waals surface area contributed by atoms with E-state index in [1.165, 1.54) is 12.8 Å². The van der Waals surface area contributed by atoms with E-state index in [1.807, 2.05) is 0 Å². The van der Waals surface area contributed by atoms with Crippen LogP contribution in [0, 0.1) is 0 Å². The summed E-state index contributed by atoms with van der Waals surface area (Å²) in [4.78, 5) is 15.6. The summed E-state index contributed by atoms with van der Waals surface area (Å²) < 4.78 is 0. The lowest BCUT2D eigenvalue weighted by Crippen LogP contribution is -2.57. The van der Waals surface area contributed by atoms with E-state index in [0.29, 0.717) is 6.54 Å². The van der Waals surface area contributed by atoms with Crippen LogP contribution in [0.3, 0.4) is 0 Å². The second kappa shape index (κ2) is 4.31. The molecule has 5 heteroatoms. The van der Waals surface area contributed by atoms with Crippen molar-refractivity contribution in [1.29, 1.82) is 0 Å². The zero-order valence-electron chi connectivity index (χ0n) is 9.85. The van der Waals surface area contributed by atoms with E-state index < -0.39 is 11.5 Å². The van der Waals surface area contributed by atoms with E-state index in [-0.39, 0.29) is 0 Å². The highest BCUT2D eigenvalue weighted by Crippen LogP contribution is 2.27. The second-order valence-corrected chi connectivity index (χ2v) is 5.27. The Bertz CT molecular complexity index is 268. The molecule has 2 aliphatic rings. The van der Waals surface area contributed by atoms with Gasteiger partial charge in [0.05, 0.1) is 0 Å². The van der Waals surface area contributed by atoms with E-state index in [0.717, 1.165) is 32.2 Å². The fraction of sp³-hybridized carbons (Fsp3) is 0.909. The van der Waals surface area contributed by atoms with Crippen LogP contribution < -0.4 is 5.73 Å². The number of carboxylic acids is 1. The smallest absolute Gasteiger partial charge is 0.324 e. The third kappa shape index (κ3) is 2.72. The first-order chi connectivity index (χ1) is 7.49. The summed E-state index contributed by atoms with van der Waals surface area (Å²) in [5.74, 6) is -0.919. The molecule has 3 N–H and O–H groups in total. The highest BCUT2D eigenvalue weighted by atomic mass is 16.4. The predicted octanol–water partition coefficient (Wildman–Crippen LogP) is -0.432. The van der Waals surface area contributed by atoms with Gasteiger partial charge in [-0.15, -0.1) is 0 Å². The number of nitrogens with zero attached hydrogens (tertiary/aromatic N) is 2. The zero-order chi connectivity index (χ0) is 11.8. The van der Waals surface area contributed by atoms with Crippen molar-refractivity contribution in [2.24, 2.45) is 5.73 Å². The number of piperazine rings is 1. The minimum Gasteiger partial charge on any atom is -0.480 e. The van der Waals surface area contributed by atoms with Gasteiger partial charge in [-0.05, 0) is 19.8 Å². The molecule has 0 aromatic carbocycles. The van der Waals surface area contributed by atoms with Crippen molar-refractivity contribution in [2.45, 2.75) is 31.3 Å². The van der Waals surface area contributed by atoms with Crippen LogP contribution in [0.4, 0.5) is 0 Å². The van der Waals surface area contributed by atoms with Crippen molar-refractivity contribution in [3.8, 4) is 0 Å². The van der Waals surface area contributed by atoms with Gasteiger partial charge < -0.3 is 10.8 Å². The number of hydrogen-bond acceptors (Lipinski definition) is 4. The van der Waals surface area contributed by atoms with E-state index in [9.17, 15) is 4.79 Å². The number of hydrogen-bond donors (Lipinski definition) is 2. The Morgan fingerprint density at radius 3 is 2.38 bits per heavy atom. The predicted molar refractivity (Wildman–Crippen MR) is 61.3 cm³/mol. The molecule has 92 valence electrons. The zero-order valence-corrected chi connectivity index (χ0v) is 9.85. The summed E-state index contributed by atoms with van der Waals surface area (Å²) in [5, 5.41) is 8.96. The Balaban J connectivity index is 1.78. The molecule has 2 fully saturated rings. The van der Waals surface area contributed by atoms with E-state index >= 15 is 0 Å². The molecule has 1 saturated heterocycles. The third-order valence-electron chi connectivity index (χ3n) is 3.51. The highest BCUT2D eigenvalue weighted by Gasteiger charge is 2.34. The lowest BCUT2D eigenvalue weighted by molar-refractivity contribution is -0.143. The lowest BCUT2D eigenvalue weighted by atomic mass is 10.0. The maximum atomic E-state index is 10.9. The van der Waals surface area contributed by atoms with Crippen LogP contribution in [0.15, 0.2) is 0 Å². The molecule has 0 aromatic heterocycles. The van der Waals surface area contributed by atoms with Crippen LogP contribution in [-0.2, 0) is 4.79 Å². The largest absolute Gasteiger partial charge is 0.480 e. The average Bonchev–Trinajstić information content (AvgIpc) is 3.01. The van der Waals surface area contributed by atoms with Crippen LogP contribution >= 0.6 is 0 Å². The minimum atomic E-state index is -1.12. The molecular weight excluding hydrogens is 206 g/mol. The van der Waals surface area contributed by atoms with Gasteiger partial charge in [0.1, 0.15) is 5.54 Å². The topological polar surface area (TPSA) is 69.8 Å². The minimum absolute atomic E-state index is 0.445. The quantitative estimate of drug-likeness (QED) is 0.682. The summed E-state index contributed by atoms with van der Waals surface area (Å²) in [5.41, 5.74) is 4.62. The molecule has 1 saturated carbocycles. The summed E-state index contributed by atoms with van der Waals surface area (Å²) in [6.07, 6.45) is 2.67. The molecule has 1 aliphatic carbocycles. The molecule has 1 atom stereocenters. The fourth-order valence-electron chi connectivity index (χ4n) is 2.26. The maximum Gasteiger partial charge on any atom is 0.324 e. The van der Waals surface area contributed by atoms with E-state index in [4.69, 9.17) is 10.8 Å². The highest BCUT2D eigenvalue weighted by molar-refractivity contribution is 5.78. The summed E-state index contributed by atoms with van der Waals surface area (Å²) in [7, 11) is 0. The van der Waals surface area contributed by atoms with Crippen LogP contribution in [0.1, 0.15) is 19.8 Å². The van der Waals surface area contributed by atoms with Gasteiger partial charge in [-0.3, -0.25) is 14.6 Å². The Hall–Kier alpha value is -0.650. The molecule has 16 heavy (non-hydrogen) atoms. The molecule has 0 spiro atoms. The molecular formula is C11H21N3O2. The van der Waals surface area contributed by atoms with Gasteiger partial charge in [0.2, 0.25) is 0 Å². The Labute approximate surface area is 96.2 Å². The van der Waals surface area contributed by atoms with Gasteiger partial charge in [-0.25, -0.2) is 0 Å². The molecule has 0 aromatic rings. The lowest BCUT2D eigenvalue weighted by Gasteiger charge is -2.37. The number of aliphatic carboxylic acids is 1. The molecule has 0 amide bonds. The normalized spacial score (nSPS) is 27.6. The third-order valence-corrected chi connectivity index (χ3v) is 3.51. The van der Waals surface area contributed by atoms with Crippen LogP contribution in [0.25, 0.3) is 0 Å². The van der Waals surface area contributed by atoms with Crippen molar-refractivity contribution < 1.29 is 9.90 Å². The number of nitrogens with two attached hydrogens (primary N) is 1. The second-order valence-electron chi connectivity index (χ2n) is 5.27. The molecule has 0 radical (unpaired) electrons. The van der Waals surface area contributed by atoms with Gasteiger partial charge in [-0.2, -0.15) is 0 Å². The van der Waals surface area contributed by atoms with Gasteiger partial charge in [0.25, 0.3) is 0 Å². The first-order valence-electron chi connectivity index (χ1n) is 5.98. The molecule has 0 bridgehead atoms. The van der Waals surface area contributed by atoms with Crippen molar-refractivity contribution >= 4 is 5.97 Å². The van der Waals surface area contributed by atoms with Crippen LogP contribution in [0.2, 0.25) is 0 Å². The first kappa shape index (κ1) is 11.8. The number of carbonyl (C=O) groups is 1. The molecule has 1 aliphatic heterocycles. The van der Waals surface area contributed by atoms with E-state index in [2.05, 4.69) is 9.80 Å². The number of carboxylic acid groups (broad SMARTS) is 1. The Morgan fingerprint density at radius 2 is 1.94 bits per heavy atom. The fourth-order valence-corrected chi connectivity index (χ4v) is 2.26. The molecule has 1 heterocycles. The van der Waals surface area contributed by atoms with Crippen molar-refractivity contribution in [2.75, 3.05) is 32.7 Å². The van der Waals surface area contributed by atoms with Gasteiger partial charge in [-0.1, -0.05) is 0 Å². The average molecular weight is 227 g/mol. The van der Waals surface area contributed by atoms with Crippen LogP contribution in [0.5, 0.6) is 0 Å². The Kier molecular flexibility index (Phi) is 3.19. The molecule has 5 nitrogen and oxygen atoms in total. The SMILES string of the molecule is CC(N)(CN1CCN(C2CC2)CC1)C(=O)O. The summed E-state index contributed by atoms with van der Waals surface area (Å²) in [6, 6.07) is 0.811. The Morgan fingerprint density at radius 1 is 1.38 bits per heavy atom. The van der Waals surface area contributed by atoms with Gasteiger partial charge >= 0.3 is 5.97 Å². The summed E-state index contributed by atoms with van der Waals surface area (Å²) in [6.45, 7) is 6.03. The molecule has 1 unspecified atom stereocenters. The van der Waals surface area contributed by atoms with Crippen molar-refractivity contribution in [3.05, 3.63) is 0 Å². The van der Waals surface area contributed by atoms with Gasteiger partial charge in [0.15, 0.2) is 0 Å². The standard InChI is InChI=1S/C11H21N3O2/c1-11(12,10(15)16)8-13-4-6-14(7-5-13)9-2-3-9/h9H,2-8,12H2,1H3,(H,15,16). The molecule has 2 rings (SSSR count).